The molecule has 0 aliphatic carbocycles. The van der Waals surface area contributed by atoms with Crippen molar-refractivity contribution >= 4 is 23.9 Å². The molecule has 0 fully saturated rings. The molecule has 0 bridgehead atoms. The number of aromatic nitrogens is 4. The minimum absolute atomic E-state index is 0.00265. The number of hydrogen-bond donors (Lipinski definition) is 3. The zero-order chi connectivity index (χ0) is 15.1. The van der Waals surface area contributed by atoms with Crippen LogP contribution in [-0.4, -0.2) is 38.0 Å². The molecule has 0 saturated carbocycles. The van der Waals surface area contributed by atoms with Crippen molar-refractivity contribution in [1.82, 2.24) is 25.6 Å². The predicted molar refractivity (Wildman–Crippen MR) is 76.2 cm³/mol. The van der Waals surface area contributed by atoms with Crippen molar-refractivity contribution < 1.29 is 4.79 Å². The number of carbonyl (C=O) groups is 1. The fraction of sp³-hybridized carbons (Fsp3) is 0.0909. The van der Waals surface area contributed by atoms with Gasteiger partial charge in [-0.2, -0.15) is 10.2 Å². The number of carbonyl (C=O) groups excluding carboxylic acids is 1. The number of pyridine rings is 1. The van der Waals surface area contributed by atoms with Gasteiger partial charge in [0.1, 0.15) is 0 Å². The molecule has 2 aromatic rings. The average molecular weight is 306 g/mol. The highest BCUT2D eigenvalue weighted by atomic mass is 32.2. The van der Waals surface area contributed by atoms with Gasteiger partial charge in [-0.3, -0.25) is 19.6 Å². The molecule has 10 heteroatoms. The fourth-order valence-electron chi connectivity index (χ4n) is 1.23. The van der Waals surface area contributed by atoms with Crippen molar-refractivity contribution in [2.24, 2.45) is 5.10 Å². The Bertz CT molecular complexity index is 754. The SMILES string of the molecule is O=C(CSc1n[nH]c(=O)[nH]c1=O)N/N=C\c1ccncc1. The van der Waals surface area contributed by atoms with E-state index >= 15 is 0 Å². The van der Waals surface area contributed by atoms with Crippen LogP contribution in [0, 0.1) is 0 Å². The van der Waals surface area contributed by atoms with Gasteiger partial charge in [-0.05, 0) is 17.7 Å². The Morgan fingerprint density at radius 3 is 2.86 bits per heavy atom. The highest BCUT2D eigenvalue weighted by molar-refractivity contribution is 7.99. The zero-order valence-corrected chi connectivity index (χ0v) is 11.4. The Morgan fingerprint density at radius 2 is 2.14 bits per heavy atom. The van der Waals surface area contributed by atoms with E-state index in [1.165, 1.54) is 6.21 Å². The summed E-state index contributed by atoms with van der Waals surface area (Å²) in [5.74, 6) is -0.465. The van der Waals surface area contributed by atoms with Gasteiger partial charge in [-0.1, -0.05) is 11.8 Å². The third-order valence-electron chi connectivity index (χ3n) is 2.13. The molecule has 0 aliphatic heterocycles. The Balaban J connectivity index is 1.84. The maximum Gasteiger partial charge on any atom is 0.342 e. The average Bonchev–Trinajstić information content (AvgIpc) is 2.47. The number of H-pyrrole nitrogens is 2. The second kappa shape index (κ2) is 7.14. The zero-order valence-electron chi connectivity index (χ0n) is 10.6. The third kappa shape index (κ3) is 4.69. The lowest BCUT2D eigenvalue weighted by atomic mass is 10.3. The fourth-order valence-corrected chi connectivity index (χ4v) is 1.85. The first kappa shape index (κ1) is 14.7. The molecule has 0 aromatic carbocycles. The molecule has 3 N–H and O–H groups in total. The van der Waals surface area contributed by atoms with Crippen LogP contribution >= 0.6 is 11.8 Å². The Morgan fingerprint density at radius 1 is 1.38 bits per heavy atom. The van der Waals surface area contributed by atoms with Gasteiger partial charge >= 0.3 is 5.69 Å². The molecular weight excluding hydrogens is 296 g/mol. The van der Waals surface area contributed by atoms with Crippen molar-refractivity contribution in [3.8, 4) is 0 Å². The van der Waals surface area contributed by atoms with Crippen LogP contribution in [0.5, 0.6) is 0 Å². The van der Waals surface area contributed by atoms with Gasteiger partial charge in [0, 0.05) is 12.4 Å². The molecule has 0 atom stereocenters. The van der Waals surface area contributed by atoms with E-state index in [0.717, 1.165) is 17.3 Å². The van der Waals surface area contributed by atoms with E-state index in [4.69, 9.17) is 0 Å². The number of hydrazone groups is 1. The summed E-state index contributed by atoms with van der Waals surface area (Å²) in [6.07, 6.45) is 4.68. The minimum Gasteiger partial charge on any atom is -0.272 e. The molecule has 0 unspecified atom stereocenters. The largest absolute Gasteiger partial charge is 0.342 e. The highest BCUT2D eigenvalue weighted by Crippen LogP contribution is 2.06. The van der Waals surface area contributed by atoms with E-state index in [1.54, 1.807) is 24.5 Å². The Hall–Kier alpha value is -2.75. The molecule has 0 radical (unpaired) electrons. The van der Waals surface area contributed by atoms with Crippen LogP contribution in [0.4, 0.5) is 0 Å². The van der Waals surface area contributed by atoms with E-state index in [9.17, 15) is 14.4 Å². The van der Waals surface area contributed by atoms with Crippen LogP contribution in [0.2, 0.25) is 0 Å². The maximum absolute atomic E-state index is 11.5. The first-order valence-electron chi connectivity index (χ1n) is 5.69. The summed E-state index contributed by atoms with van der Waals surface area (Å²) in [4.78, 5) is 39.5. The topological polar surface area (TPSA) is 133 Å². The Kier molecular flexibility index (Phi) is 4.99. The molecule has 2 heterocycles. The molecule has 2 rings (SSSR count). The van der Waals surface area contributed by atoms with Crippen LogP contribution in [0.25, 0.3) is 0 Å². The quantitative estimate of drug-likeness (QED) is 0.372. The number of thioether (sulfide) groups is 1. The van der Waals surface area contributed by atoms with Gasteiger partial charge in [0.05, 0.1) is 12.0 Å². The first-order valence-corrected chi connectivity index (χ1v) is 6.67. The van der Waals surface area contributed by atoms with Crippen molar-refractivity contribution in [3.63, 3.8) is 0 Å². The van der Waals surface area contributed by atoms with Crippen LogP contribution in [-0.2, 0) is 4.79 Å². The second-order valence-corrected chi connectivity index (χ2v) is 4.64. The molecule has 21 heavy (non-hydrogen) atoms. The first-order chi connectivity index (χ1) is 10.1. The van der Waals surface area contributed by atoms with E-state index in [1.807, 2.05) is 4.98 Å². The third-order valence-corrected chi connectivity index (χ3v) is 3.09. The normalized spacial score (nSPS) is 10.7. The lowest BCUT2D eigenvalue weighted by molar-refractivity contribution is -0.118. The number of amides is 1. The molecule has 0 aliphatic rings. The second-order valence-electron chi connectivity index (χ2n) is 3.67. The van der Waals surface area contributed by atoms with E-state index in [2.05, 4.69) is 25.7 Å². The smallest absolute Gasteiger partial charge is 0.272 e. The summed E-state index contributed by atoms with van der Waals surface area (Å²) in [7, 11) is 0. The van der Waals surface area contributed by atoms with E-state index < -0.39 is 17.2 Å². The standard InChI is InChI=1S/C11H10N6O3S/c18-8(15-13-5-7-1-3-12-4-2-7)6-21-10-9(19)14-11(20)17-16-10/h1-5H,6H2,(H,15,18)(H2,14,17,19,20)/b13-5-. The van der Waals surface area contributed by atoms with Crippen molar-refractivity contribution in [2.75, 3.05) is 5.75 Å². The van der Waals surface area contributed by atoms with Crippen LogP contribution in [0.1, 0.15) is 5.56 Å². The number of aromatic amines is 2. The summed E-state index contributed by atoms with van der Waals surface area (Å²) in [5, 5.41) is 9.38. The van der Waals surface area contributed by atoms with Crippen molar-refractivity contribution in [2.45, 2.75) is 5.03 Å². The lowest BCUT2D eigenvalue weighted by Crippen LogP contribution is -2.26. The molecule has 1 amide bonds. The summed E-state index contributed by atoms with van der Waals surface area (Å²) in [5.41, 5.74) is 1.76. The van der Waals surface area contributed by atoms with Crippen LogP contribution < -0.4 is 16.7 Å². The molecule has 9 nitrogen and oxygen atoms in total. The summed E-state index contributed by atoms with van der Waals surface area (Å²) >= 11 is 0.889. The molecule has 0 saturated heterocycles. The van der Waals surface area contributed by atoms with Crippen LogP contribution in [0.15, 0.2) is 44.2 Å². The number of rotatable bonds is 5. The van der Waals surface area contributed by atoms with Gasteiger partial charge in [-0.25, -0.2) is 15.3 Å². The number of nitrogens with zero attached hydrogens (tertiary/aromatic N) is 3. The minimum atomic E-state index is -0.698. The van der Waals surface area contributed by atoms with Crippen molar-refractivity contribution in [1.29, 1.82) is 0 Å². The van der Waals surface area contributed by atoms with Crippen LogP contribution in [0.3, 0.4) is 0 Å². The molecule has 108 valence electrons. The number of nitrogens with one attached hydrogen (secondary N) is 3. The Labute approximate surface area is 121 Å². The van der Waals surface area contributed by atoms with Crippen molar-refractivity contribution in [3.05, 3.63) is 50.9 Å². The van der Waals surface area contributed by atoms with Gasteiger partial charge in [0.2, 0.25) is 5.91 Å². The monoisotopic (exact) mass is 306 g/mol. The summed E-state index contributed by atoms with van der Waals surface area (Å²) in [6.45, 7) is 0. The molecule has 2 aromatic heterocycles. The van der Waals surface area contributed by atoms with Gasteiger partial charge in [0.15, 0.2) is 5.03 Å². The summed E-state index contributed by atoms with van der Waals surface area (Å²) < 4.78 is 0. The number of hydrogen-bond acceptors (Lipinski definition) is 7. The maximum atomic E-state index is 11.5. The lowest BCUT2D eigenvalue weighted by Gasteiger charge is -1.98. The van der Waals surface area contributed by atoms with E-state index in [-0.39, 0.29) is 10.8 Å². The summed E-state index contributed by atoms with van der Waals surface area (Å²) in [6, 6.07) is 3.46. The van der Waals surface area contributed by atoms with Gasteiger partial charge in [-0.15, -0.1) is 0 Å². The van der Waals surface area contributed by atoms with E-state index in [0.29, 0.717) is 0 Å². The molecule has 0 spiro atoms. The van der Waals surface area contributed by atoms with Gasteiger partial charge in [0.25, 0.3) is 5.56 Å². The highest BCUT2D eigenvalue weighted by Gasteiger charge is 2.06. The predicted octanol–water partition coefficient (Wildman–Crippen LogP) is -0.904. The molecular formula is C11H10N6O3S. The van der Waals surface area contributed by atoms with Gasteiger partial charge < -0.3 is 0 Å².